The van der Waals surface area contributed by atoms with Gasteiger partial charge < -0.3 is 14.2 Å². The molecule has 0 unspecified atom stereocenters. The Labute approximate surface area is 133 Å². The molecule has 0 saturated carbocycles. The van der Waals surface area contributed by atoms with Crippen molar-refractivity contribution in [3.8, 4) is 0 Å². The van der Waals surface area contributed by atoms with E-state index >= 15 is 0 Å². The van der Waals surface area contributed by atoms with Gasteiger partial charge in [-0.3, -0.25) is 4.79 Å². The lowest BCUT2D eigenvalue weighted by Crippen LogP contribution is -3.13. The Kier molecular flexibility index (Phi) is 4.45. The number of piperazine rings is 1. The summed E-state index contributed by atoms with van der Waals surface area (Å²) in [5.41, 5.74) is 0.359. The van der Waals surface area contributed by atoms with E-state index in [-0.39, 0.29) is 10.9 Å². The van der Waals surface area contributed by atoms with E-state index < -0.39 is 5.82 Å². The van der Waals surface area contributed by atoms with E-state index in [1.54, 1.807) is 11.2 Å². The predicted octanol–water partition coefficient (Wildman–Crippen LogP) is 1.61. The summed E-state index contributed by atoms with van der Waals surface area (Å²) in [6.45, 7) is 3.84. The molecule has 1 N–H and O–H groups in total. The number of nitrogens with zero attached hydrogens (tertiary/aromatic N) is 1. The number of amides is 1. The van der Waals surface area contributed by atoms with Crippen LogP contribution in [-0.4, -0.2) is 37.0 Å². The van der Waals surface area contributed by atoms with Crippen LogP contribution in [0, 0.1) is 5.82 Å². The molecule has 1 aromatic heterocycles. The number of nitrogens with one attached hydrogen (secondary N) is 1. The van der Waals surface area contributed by atoms with Gasteiger partial charge in [0.15, 0.2) is 5.76 Å². The lowest BCUT2D eigenvalue weighted by atomic mass is 10.1. The second kappa shape index (κ2) is 6.50. The molecule has 2 aromatic rings. The van der Waals surface area contributed by atoms with Crippen molar-refractivity contribution < 1.29 is 18.5 Å². The number of benzene rings is 1. The van der Waals surface area contributed by atoms with E-state index in [4.69, 9.17) is 16.0 Å². The highest BCUT2D eigenvalue weighted by Crippen LogP contribution is 2.19. The van der Waals surface area contributed by atoms with Gasteiger partial charge >= 0.3 is 0 Å². The zero-order chi connectivity index (χ0) is 15.5. The number of hydrogen-bond donors (Lipinski definition) is 1. The Morgan fingerprint density at radius 1 is 1.32 bits per heavy atom. The average Bonchev–Trinajstić information content (AvgIpc) is 3.00. The predicted molar refractivity (Wildman–Crippen MR) is 80.4 cm³/mol. The highest BCUT2D eigenvalue weighted by atomic mass is 35.5. The van der Waals surface area contributed by atoms with Crippen LogP contribution in [0.15, 0.2) is 41.0 Å². The number of rotatable bonds is 3. The first kappa shape index (κ1) is 15.1. The summed E-state index contributed by atoms with van der Waals surface area (Å²) in [6.07, 6.45) is 1.67. The van der Waals surface area contributed by atoms with Crippen molar-refractivity contribution >= 4 is 17.5 Å². The molecule has 4 nitrogen and oxygen atoms in total. The van der Waals surface area contributed by atoms with Crippen molar-refractivity contribution in [1.29, 1.82) is 0 Å². The standard InChI is InChI=1S/C16H16ClFN2O2/c17-15-10-12(18)3-4-14(15)16(21)20-7-5-19(6-8-20)11-13-2-1-9-22-13/h1-4,9-10H,5-8,11H2/p+1. The summed E-state index contributed by atoms with van der Waals surface area (Å²) in [5, 5.41) is 0.162. The molecule has 0 spiro atoms. The zero-order valence-corrected chi connectivity index (χ0v) is 12.8. The molecule has 0 aliphatic carbocycles. The van der Waals surface area contributed by atoms with Crippen molar-refractivity contribution in [2.75, 3.05) is 26.2 Å². The van der Waals surface area contributed by atoms with Crippen LogP contribution in [0.3, 0.4) is 0 Å². The van der Waals surface area contributed by atoms with Gasteiger partial charge in [0.05, 0.1) is 43.0 Å². The Hall–Kier alpha value is -1.85. The first-order valence-electron chi connectivity index (χ1n) is 7.24. The second-order valence-electron chi connectivity index (χ2n) is 5.42. The minimum Gasteiger partial charge on any atom is -0.463 e. The lowest BCUT2D eigenvalue weighted by Gasteiger charge is -2.32. The zero-order valence-electron chi connectivity index (χ0n) is 12.0. The Bertz CT molecular complexity index is 652. The molecule has 1 aromatic carbocycles. The van der Waals surface area contributed by atoms with Crippen LogP contribution in [-0.2, 0) is 6.54 Å². The van der Waals surface area contributed by atoms with Gasteiger partial charge in [-0.05, 0) is 30.3 Å². The molecule has 6 heteroatoms. The molecule has 1 saturated heterocycles. The van der Waals surface area contributed by atoms with Crippen LogP contribution in [0.4, 0.5) is 4.39 Å². The number of halogens is 2. The first-order valence-corrected chi connectivity index (χ1v) is 7.61. The summed E-state index contributed by atoms with van der Waals surface area (Å²) >= 11 is 5.96. The fraction of sp³-hybridized carbons (Fsp3) is 0.312. The monoisotopic (exact) mass is 323 g/mol. The Morgan fingerprint density at radius 3 is 2.73 bits per heavy atom. The van der Waals surface area contributed by atoms with Gasteiger partial charge in [0, 0.05) is 0 Å². The number of hydrogen-bond acceptors (Lipinski definition) is 2. The molecule has 1 aliphatic rings. The number of furan rings is 1. The van der Waals surface area contributed by atoms with Crippen molar-refractivity contribution in [3.05, 3.63) is 58.8 Å². The summed E-state index contributed by atoms with van der Waals surface area (Å²) in [6, 6.07) is 7.72. The molecule has 22 heavy (non-hydrogen) atoms. The van der Waals surface area contributed by atoms with Crippen LogP contribution in [0.5, 0.6) is 0 Å². The van der Waals surface area contributed by atoms with Crippen LogP contribution in [0.2, 0.25) is 5.02 Å². The Morgan fingerprint density at radius 2 is 2.09 bits per heavy atom. The smallest absolute Gasteiger partial charge is 0.255 e. The van der Waals surface area contributed by atoms with Crippen LogP contribution in [0.1, 0.15) is 16.1 Å². The third-order valence-corrected chi connectivity index (χ3v) is 4.24. The molecule has 0 radical (unpaired) electrons. The first-order chi connectivity index (χ1) is 10.6. The molecule has 0 bridgehead atoms. The van der Waals surface area contributed by atoms with Crippen molar-refractivity contribution in [2.24, 2.45) is 0 Å². The van der Waals surface area contributed by atoms with Crippen molar-refractivity contribution in [3.63, 3.8) is 0 Å². The van der Waals surface area contributed by atoms with E-state index in [0.717, 1.165) is 25.4 Å². The second-order valence-corrected chi connectivity index (χ2v) is 5.83. The minimum absolute atomic E-state index is 0.137. The van der Waals surface area contributed by atoms with Crippen molar-refractivity contribution in [2.45, 2.75) is 6.54 Å². The van der Waals surface area contributed by atoms with Gasteiger partial charge in [-0.2, -0.15) is 0 Å². The van der Waals surface area contributed by atoms with E-state index in [2.05, 4.69) is 0 Å². The topological polar surface area (TPSA) is 37.9 Å². The van der Waals surface area contributed by atoms with Gasteiger partial charge in [-0.15, -0.1) is 0 Å². The SMILES string of the molecule is O=C(c1ccc(F)cc1Cl)N1CC[NH+](Cc2ccco2)CC1. The van der Waals surface area contributed by atoms with Gasteiger partial charge in [0.2, 0.25) is 0 Å². The molecule has 1 fully saturated rings. The molecule has 1 amide bonds. The summed E-state index contributed by atoms with van der Waals surface area (Å²) in [7, 11) is 0. The lowest BCUT2D eigenvalue weighted by molar-refractivity contribution is -0.918. The number of carbonyl (C=O) groups is 1. The molecule has 1 aliphatic heterocycles. The maximum absolute atomic E-state index is 13.1. The van der Waals surface area contributed by atoms with E-state index in [9.17, 15) is 9.18 Å². The number of carbonyl (C=O) groups excluding carboxylic acids is 1. The highest BCUT2D eigenvalue weighted by Gasteiger charge is 2.26. The van der Waals surface area contributed by atoms with Crippen molar-refractivity contribution in [1.82, 2.24) is 4.90 Å². The van der Waals surface area contributed by atoms with Crippen LogP contribution in [0.25, 0.3) is 0 Å². The molecular formula is C16H17ClFN2O2+. The van der Waals surface area contributed by atoms with E-state index in [1.165, 1.54) is 23.1 Å². The highest BCUT2D eigenvalue weighted by molar-refractivity contribution is 6.33. The van der Waals surface area contributed by atoms with Gasteiger partial charge in [-0.1, -0.05) is 11.6 Å². The average molecular weight is 324 g/mol. The third kappa shape index (κ3) is 3.31. The van der Waals surface area contributed by atoms with Crippen LogP contribution >= 0.6 is 11.6 Å². The summed E-state index contributed by atoms with van der Waals surface area (Å²) in [4.78, 5) is 15.6. The molecule has 2 heterocycles. The summed E-state index contributed by atoms with van der Waals surface area (Å²) < 4.78 is 18.4. The van der Waals surface area contributed by atoms with Gasteiger partial charge in [0.1, 0.15) is 12.4 Å². The fourth-order valence-electron chi connectivity index (χ4n) is 2.70. The Balaban J connectivity index is 1.60. The molecular weight excluding hydrogens is 307 g/mol. The van der Waals surface area contributed by atoms with Crippen LogP contribution < -0.4 is 4.90 Å². The fourth-order valence-corrected chi connectivity index (χ4v) is 2.94. The molecule has 116 valence electrons. The quantitative estimate of drug-likeness (QED) is 0.932. The maximum atomic E-state index is 13.1. The third-order valence-electron chi connectivity index (χ3n) is 3.92. The largest absolute Gasteiger partial charge is 0.463 e. The van der Waals surface area contributed by atoms with Gasteiger partial charge in [-0.25, -0.2) is 4.39 Å². The maximum Gasteiger partial charge on any atom is 0.255 e. The van der Waals surface area contributed by atoms with E-state index in [1.807, 2.05) is 12.1 Å². The summed E-state index contributed by atoms with van der Waals surface area (Å²) in [5.74, 6) is 0.382. The minimum atomic E-state index is -0.436. The number of quaternary nitrogens is 1. The molecule has 3 rings (SSSR count). The van der Waals surface area contributed by atoms with E-state index in [0.29, 0.717) is 18.7 Å². The normalized spacial score (nSPS) is 16.0. The molecule has 0 atom stereocenters. The van der Waals surface area contributed by atoms with Gasteiger partial charge in [0.25, 0.3) is 5.91 Å².